The molecule has 0 spiro atoms. The summed E-state index contributed by atoms with van der Waals surface area (Å²) in [4.78, 5) is 11.5. The Morgan fingerprint density at radius 2 is 2.31 bits per heavy atom. The van der Waals surface area contributed by atoms with Gasteiger partial charge in [-0.1, -0.05) is 0 Å². The highest BCUT2D eigenvalue weighted by Crippen LogP contribution is 2.09. The SMILES string of the molecule is Cc1cnn(CC(C)(NC(C)C)C(N)=O)c1. The highest BCUT2D eigenvalue weighted by molar-refractivity contribution is 5.84. The smallest absolute Gasteiger partial charge is 0.239 e. The Morgan fingerprint density at radius 1 is 1.69 bits per heavy atom. The van der Waals surface area contributed by atoms with E-state index in [-0.39, 0.29) is 11.9 Å². The lowest BCUT2D eigenvalue weighted by Gasteiger charge is -2.29. The molecule has 0 fully saturated rings. The van der Waals surface area contributed by atoms with Gasteiger partial charge in [-0.05, 0) is 33.3 Å². The molecule has 90 valence electrons. The maximum absolute atomic E-state index is 11.5. The van der Waals surface area contributed by atoms with E-state index in [1.54, 1.807) is 17.8 Å². The van der Waals surface area contributed by atoms with Crippen LogP contribution in [0.25, 0.3) is 0 Å². The number of hydrogen-bond acceptors (Lipinski definition) is 3. The van der Waals surface area contributed by atoms with Crippen LogP contribution in [0.1, 0.15) is 26.3 Å². The Balaban J connectivity index is 2.82. The standard InChI is InChI=1S/C11H20N4O/c1-8(2)14-11(4,10(12)16)7-15-6-9(3)5-13-15/h5-6,8,14H,7H2,1-4H3,(H2,12,16). The number of aryl methyl sites for hydroxylation is 1. The van der Waals surface area contributed by atoms with E-state index in [4.69, 9.17) is 5.73 Å². The number of hydrogen-bond donors (Lipinski definition) is 2. The molecule has 1 aromatic rings. The third-order valence-electron chi connectivity index (χ3n) is 2.39. The molecule has 0 saturated carbocycles. The van der Waals surface area contributed by atoms with Crippen LogP contribution in [0.5, 0.6) is 0 Å². The van der Waals surface area contributed by atoms with Crippen molar-refractivity contribution in [3.05, 3.63) is 18.0 Å². The van der Waals surface area contributed by atoms with Gasteiger partial charge in [0.1, 0.15) is 5.54 Å². The summed E-state index contributed by atoms with van der Waals surface area (Å²) in [5, 5.41) is 7.34. The fourth-order valence-electron chi connectivity index (χ4n) is 1.71. The van der Waals surface area contributed by atoms with Gasteiger partial charge in [-0.2, -0.15) is 5.10 Å². The molecule has 0 saturated heterocycles. The van der Waals surface area contributed by atoms with Crippen molar-refractivity contribution in [2.75, 3.05) is 0 Å². The van der Waals surface area contributed by atoms with Gasteiger partial charge in [-0.3, -0.25) is 14.8 Å². The maximum Gasteiger partial charge on any atom is 0.239 e. The molecule has 0 radical (unpaired) electrons. The molecule has 5 nitrogen and oxygen atoms in total. The van der Waals surface area contributed by atoms with E-state index in [0.29, 0.717) is 6.54 Å². The fraction of sp³-hybridized carbons (Fsp3) is 0.636. The quantitative estimate of drug-likeness (QED) is 0.762. The van der Waals surface area contributed by atoms with Crippen molar-refractivity contribution in [2.45, 2.75) is 45.8 Å². The van der Waals surface area contributed by atoms with Crippen LogP contribution in [-0.2, 0) is 11.3 Å². The van der Waals surface area contributed by atoms with E-state index >= 15 is 0 Å². The Morgan fingerprint density at radius 3 is 2.69 bits per heavy atom. The van der Waals surface area contributed by atoms with Gasteiger partial charge in [0.25, 0.3) is 0 Å². The second-order valence-electron chi connectivity index (χ2n) is 4.71. The molecule has 0 bridgehead atoms. The molecule has 1 rings (SSSR count). The van der Waals surface area contributed by atoms with E-state index in [9.17, 15) is 4.79 Å². The maximum atomic E-state index is 11.5. The largest absolute Gasteiger partial charge is 0.368 e. The number of carbonyl (C=O) groups excluding carboxylic acids is 1. The third-order valence-corrected chi connectivity index (χ3v) is 2.39. The van der Waals surface area contributed by atoms with E-state index in [0.717, 1.165) is 5.56 Å². The molecule has 0 aliphatic heterocycles. The van der Waals surface area contributed by atoms with E-state index in [1.807, 2.05) is 27.0 Å². The van der Waals surface area contributed by atoms with Crippen molar-refractivity contribution in [3.63, 3.8) is 0 Å². The number of amides is 1. The van der Waals surface area contributed by atoms with Gasteiger partial charge in [0.2, 0.25) is 5.91 Å². The first kappa shape index (κ1) is 12.7. The first-order valence-electron chi connectivity index (χ1n) is 5.40. The number of nitrogens with two attached hydrogens (primary N) is 1. The lowest BCUT2D eigenvalue weighted by atomic mass is 10.0. The van der Waals surface area contributed by atoms with Gasteiger partial charge in [0.05, 0.1) is 12.7 Å². The molecule has 1 aromatic heterocycles. The molecular weight excluding hydrogens is 204 g/mol. The second kappa shape index (κ2) is 4.65. The van der Waals surface area contributed by atoms with Crippen LogP contribution in [0, 0.1) is 6.92 Å². The molecule has 1 heterocycles. The molecule has 0 aliphatic rings. The van der Waals surface area contributed by atoms with Crippen LogP contribution in [0.4, 0.5) is 0 Å². The minimum absolute atomic E-state index is 0.189. The van der Waals surface area contributed by atoms with Crippen LogP contribution in [0.2, 0.25) is 0 Å². The lowest BCUT2D eigenvalue weighted by molar-refractivity contribution is -0.124. The number of nitrogens with zero attached hydrogens (tertiary/aromatic N) is 2. The highest BCUT2D eigenvalue weighted by Gasteiger charge is 2.32. The molecule has 0 aromatic carbocycles. The van der Waals surface area contributed by atoms with Crippen LogP contribution < -0.4 is 11.1 Å². The molecular formula is C11H20N4O. The average Bonchev–Trinajstić information content (AvgIpc) is 2.49. The zero-order valence-electron chi connectivity index (χ0n) is 10.3. The Hall–Kier alpha value is -1.36. The minimum Gasteiger partial charge on any atom is -0.368 e. The molecule has 1 amide bonds. The second-order valence-corrected chi connectivity index (χ2v) is 4.71. The summed E-state index contributed by atoms with van der Waals surface area (Å²) in [7, 11) is 0. The van der Waals surface area contributed by atoms with Gasteiger partial charge in [-0.25, -0.2) is 0 Å². The molecule has 16 heavy (non-hydrogen) atoms. The van der Waals surface area contributed by atoms with Crippen molar-refractivity contribution < 1.29 is 4.79 Å². The number of aromatic nitrogens is 2. The molecule has 1 atom stereocenters. The van der Waals surface area contributed by atoms with E-state index < -0.39 is 5.54 Å². The van der Waals surface area contributed by atoms with Crippen LogP contribution >= 0.6 is 0 Å². The zero-order chi connectivity index (χ0) is 12.3. The van der Waals surface area contributed by atoms with Crippen molar-refractivity contribution in [3.8, 4) is 0 Å². The Kier molecular flexibility index (Phi) is 3.70. The van der Waals surface area contributed by atoms with E-state index in [2.05, 4.69) is 10.4 Å². The summed E-state index contributed by atoms with van der Waals surface area (Å²) in [6, 6.07) is 0.189. The fourth-order valence-corrected chi connectivity index (χ4v) is 1.71. The van der Waals surface area contributed by atoms with Gasteiger partial charge >= 0.3 is 0 Å². The van der Waals surface area contributed by atoms with Gasteiger partial charge < -0.3 is 5.73 Å². The number of rotatable bonds is 5. The predicted octanol–water partition coefficient (Wildman–Crippen LogP) is 0.434. The number of carbonyl (C=O) groups is 1. The topological polar surface area (TPSA) is 72.9 Å². The average molecular weight is 224 g/mol. The zero-order valence-corrected chi connectivity index (χ0v) is 10.3. The van der Waals surface area contributed by atoms with Crippen LogP contribution in [0.3, 0.4) is 0 Å². The number of nitrogens with one attached hydrogen (secondary N) is 1. The van der Waals surface area contributed by atoms with E-state index in [1.165, 1.54) is 0 Å². The van der Waals surface area contributed by atoms with Gasteiger partial charge in [0.15, 0.2) is 0 Å². The summed E-state index contributed by atoms with van der Waals surface area (Å²) >= 11 is 0. The number of primary amides is 1. The first-order chi connectivity index (χ1) is 7.33. The summed E-state index contributed by atoms with van der Waals surface area (Å²) < 4.78 is 1.73. The Labute approximate surface area is 96.0 Å². The predicted molar refractivity (Wildman–Crippen MR) is 62.8 cm³/mol. The first-order valence-corrected chi connectivity index (χ1v) is 5.40. The van der Waals surface area contributed by atoms with Crippen molar-refractivity contribution in [2.24, 2.45) is 5.73 Å². The molecule has 0 aliphatic carbocycles. The summed E-state index contributed by atoms with van der Waals surface area (Å²) in [5.74, 6) is -0.366. The molecule has 3 N–H and O–H groups in total. The Bertz CT molecular complexity index is 372. The lowest BCUT2D eigenvalue weighted by Crippen LogP contribution is -2.58. The van der Waals surface area contributed by atoms with Crippen LogP contribution in [0.15, 0.2) is 12.4 Å². The monoisotopic (exact) mass is 224 g/mol. The van der Waals surface area contributed by atoms with Crippen molar-refractivity contribution >= 4 is 5.91 Å². The summed E-state index contributed by atoms with van der Waals surface area (Å²) in [6.45, 7) is 8.16. The van der Waals surface area contributed by atoms with Gasteiger partial charge in [-0.15, -0.1) is 0 Å². The molecule has 1 unspecified atom stereocenters. The van der Waals surface area contributed by atoms with Crippen molar-refractivity contribution in [1.29, 1.82) is 0 Å². The minimum atomic E-state index is -0.771. The normalized spacial score (nSPS) is 15.1. The van der Waals surface area contributed by atoms with Gasteiger partial charge in [0, 0.05) is 12.2 Å². The van der Waals surface area contributed by atoms with Crippen LogP contribution in [-0.4, -0.2) is 27.3 Å². The summed E-state index contributed by atoms with van der Waals surface area (Å²) in [5.41, 5.74) is 5.73. The summed E-state index contributed by atoms with van der Waals surface area (Å²) in [6.07, 6.45) is 3.65. The molecule has 5 heteroatoms. The highest BCUT2D eigenvalue weighted by atomic mass is 16.1. The third kappa shape index (κ3) is 3.06. The van der Waals surface area contributed by atoms with Crippen molar-refractivity contribution in [1.82, 2.24) is 15.1 Å².